The van der Waals surface area contributed by atoms with E-state index in [1.165, 1.54) is 5.56 Å². The molecule has 0 aromatic heterocycles. The number of rotatable bonds is 5. The quantitative estimate of drug-likeness (QED) is 0.425. The van der Waals surface area contributed by atoms with E-state index in [1.54, 1.807) is 0 Å². The Balaban J connectivity index is 2.57. The molecule has 0 saturated carbocycles. The smallest absolute Gasteiger partial charge is 0.242 e. The van der Waals surface area contributed by atoms with Crippen molar-refractivity contribution < 1.29 is 4.79 Å². The number of nitrogens with zero attached hydrogens (tertiary/aromatic N) is 2. The third-order valence-electron chi connectivity index (χ3n) is 2.58. The third kappa shape index (κ3) is 5.40. The van der Waals surface area contributed by atoms with Crippen molar-refractivity contribution in [1.29, 1.82) is 5.26 Å². The van der Waals surface area contributed by atoms with Crippen LogP contribution >= 0.6 is 0 Å². The van der Waals surface area contributed by atoms with E-state index in [0.717, 1.165) is 5.69 Å². The summed E-state index contributed by atoms with van der Waals surface area (Å²) < 4.78 is 0. The topological polar surface area (TPSA) is 103 Å². The van der Waals surface area contributed by atoms with Gasteiger partial charge in [0, 0.05) is 5.69 Å². The molecule has 0 aliphatic heterocycles. The Hall–Kier alpha value is -2.55. The zero-order valence-corrected chi connectivity index (χ0v) is 11.7. The number of nitrogens with two attached hydrogens (primary N) is 1. The van der Waals surface area contributed by atoms with Crippen molar-refractivity contribution in [2.75, 3.05) is 18.4 Å². The number of hydrogen-bond acceptors (Lipinski definition) is 3. The lowest BCUT2D eigenvalue weighted by Crippen LogP contribution is -2.29. The summed E-state index contributed by atoms with van der Waals surface area (Å²) in [4.78, 5) is 15.2. The minimum Gasteiger partial charge on any atom is -0.370 e. The van der Waals surface area contributed by atoms with Crippen LogP contribution in [0.4, 0.5) is 5.69 Å². The number of hydrogen-bond donors (Lipinski definition) is 3. The fraction of sp³-hybridized carbons (Fsp3) is 0.357. The molecule has 0 aliphatic rings. The SMILES string of the molecule is CC(C)c1cccc(NC(N)=NCC(=O)NCC#N)c1. The average molecular weight is 273 g/mol. The highest BCUT2D eigenvalue weighted by Gasteiger charge is 2.02. The molecule has 6 heteroatoms. The highest BCUT2D eigenvalue weighted by atomic mass is 16.1. The van der Waals surface area contributed by atoms with Crippen molar-refractivity contribution >= 4 is 17.6 Å². The van der Waals surface area contributed by atoms with Crippen LogP contribution in [0.25, 0.3) is 0 Å². The molecule has 0 saturated heterocycles. The standard InChI is InChI=1S/C14H19N5O/c1-10(2)11-4-3-5-12(8-11)19-14(16)18-9-13(20)17-7-6-15/h3-5,8,10H,7,9H2,1-2H3,(H,17,20)(H3,16,18,19). The molecular formula is C14H19N5O. The number of nitriles is 1. The number of nitrogens with one attached hydrogen (secondary N) is 2. The van der Waals surface area contributed by atoms with Crippen LogP contribution in [-0.4, -0.2) is 25.0 Å². The summed E-state index contributed by atoms with van der Waals surface area (Å²) in [6, 6.07) is 9.66. The number of guanidine groups is 1. The van der Waals surface area contributed by atoms with Gasteiger partial charge in [0.1, 0.15) is 13.1 Å². The lowest BCUT2D eigenvalue weighted by molar-refractivity contribution is -0.119. The Bertz CT molecular complexity index is 531. The summed E-state index contributed by atoms with van der Waals surface area (Å²) >= 11 is 0. The third-order valence-corrected chi connectivity index (χ3v) is 2.58. The van der Waals surface area contributed by atoms with E-state index in [-0.39, 0.29) is 25.0 Å². The van der Waals surface area contributed by atoms with Crippen LogP contribution in [0.2, 0.25) is 0 Å². The van der Waals surface area contributed by atoms with Gasteiger partial charge in [0.2, 0.25) is 5.91 Å². The summed E-state index contributed by atoms with van der Waals surface area (Å²) in [6.07, 6.45) is 0. The summed E-state index contributed by atoms with van der Waals surface area (Å²) in [6.45, 7) is 4.08. The molecule has 106 valence electrons. The number of aliphatic imine (C=N–C) groups is 1. The van der Waals surface area contributed by atoms with Crippen LogP contribution in [0, 0.1) is 11.3 Å². The Morgan fingerprint density at radius 2 is 2.25 bits per heavy atom. The van der Waals surface area contributed by atoms with Gasteiger partial charge in [-0.3, -0.25) is 4.79 Å². The normalized spacial score (nSPS) is 11.0. The van der Waals surface area contributed by atoms with Gasteiger partial charge in [-0.15, -0.1) is 0 Å². The Morgan fingerprint density at radius 3 is 2.90 bits per heavy atom. The Morgan fingerprint density at radius 1 is 1.50 bits per heavy atom. The van der Waals surface area contributed by atoms with Gasteiger partial charge in [0.15, 0.2) is 5.96 Å². The monoisotopic (exact) mass is 273 g/mol. The number of anilines is 1. The molecule has 1 rings (SSSR count). The van der Waals surface area contributed by atoms with Gasteiger partial charge in [-0.1, -0.05) is 26.0 Å². The molecule has 0 bridgehead atoms. The zero-order chi connectivity index (χ0) is 15.0. The second-order valence-electron chi connectivity index (χ2n) is 4.54. The predicted molar refractivity (Wildman–Crippen MR) is 79.3 cm³/mol. The van der Waals surface area contributed by atoms with Gasteiger partial charge in [0.25, 0.3) is 0 Å². The van der Waals surface area contributed by atoms with Crippen molar-refractivity contribution in [2.45, 2.75) is 19.8 Å². The summed E-state index contributed by atoms with van der Waals surface area (Å²) in [5, 5.41) is 13.6. The van der Waals surface area contributed by atoms with Gasteiger partial charge in [-0.25, -0.2) is 4.99 Å². The summed E-state index contributed by atoms with van der Waals surface area (Å²) in [5.74, 6) is 0.247. The molecule has 0 heterocycles. The molecule has 4 N–H and O–H groups in total. The van der Waals surface area contributed by atoms with Crippen molar-refractivity contribution in [3.63, 3.8) is 0 Å². The predicted octanol–water partition coefficient (Wildman–Crippen LogP) is 1.18. The van der Waals surface area contributed by atoms with Crippen molar-refractivity contribution in [2.24, 2.45) is 10.7 Å². The van der Waals surface area contributed by atoms with Crippen LogP contribution in [0.1, 0.15) is 25.3 Å². The van der Waals surface area contributed by atoms with Crippen molar-refractivity contribution in [3.05, 3.63) is 29.8 Å². The minimum atomic E-state index is -0.341. The minimum absolute atomic E-state index is 0.0296. The molecule has 0 spiro atoms. The van der Waals surface area contributed by atoms with Crippen LogP contribution < -0.4 is 16.4 Å². The first-order valence-corrected chi connectivity index (χ1v) is 6.33. The van der Waals surface area contributed by atoms with Crippen LogP contribution in [0.3, 0.4) is 0 Å². The number of amides is 1. The molecule has 0 unspecified atom stereocenters. The van der Waals surface area contributed by atoms with E-state index in [1.807, 2.05) is 30.3 Å². The van der Waals surface area contributed by atoms with E-state index < -0.39 is 0 Å². The molecule has 1 amide bonds. The lowest BCUT2D eigenvalue weighted by Gasteiger charge is -2.09. The van der Waals surface area contributed by atoms with E-state index in [2.05, 4.69) is 29.5 Å². The van der Waals surface area contributed by atoms with E-state index in [4.69, 9.17) is 11.0 Å². The molecule has 20 heavy (non-hydrogen) atoms. The maximum Gasteiger partial charge on any atom is 0.242 e. The second kappa shape index (κ2) is 7.79. The van der Waals surface area contributed by atoms with Crippen LogP contribution in [0.5, 0.6) is 0 Å². The van der Waals surface area contributed by atoms with E-state index in [9.17, 15) is 4.79 Å². The van der Waals surface area contributed by atoms with Gasteiger partial charge >= 0.3 is 0 Å². The summed E-state index contributed by atoms with van der Waals surface area (Å²) in [5.41, 5.74) is 7.72. The van der Waals surface area contributed by atoms with Crippen molar-refractivity contribution in [3.8, 4) is 6.07 Å². The van der Waals surface area contributed by atoms with Gasteiger partial charge in [-0.2, -0.15) is 5.26 Å². The number of carbonyl (C=O) groups is 1. The number of carbonyl (C=O) groups excluding carboxylic acids is 1. The van der Waals surface area contributed by atoms with Gasteiger partial charge in [0.05, 0.1) is 6.07 Å². The summed E-state index contributed by atoms with van der Waals surface area (Å²) in [7, 11) is 0. The zero-order valence-electron chi connectivity index (χ0n) is 11.7. The molecule has 0 fully saturated rings. The van der Waals surface area contributed by atoms with Crippen LogP contribution in [-0.2, 0) is 4.79 Å². The molecule has 0 atom stereocenters. The first kappa shape index (κ1) is 15.5. The van der Waals surface area contributed by atoms with E-state index in [0.29, 0.717) is 5.92 Å². The molecule has 6 nitrogen and oxygen atoms in total. The molecule has 0 aliphatic carbocycles. The van der Waals surface area contributed by atoms with Gasteiger partial charge < -0.3 is 16.4 Å². The van der Waals surface area contributed by atoms with E-state index >= 15 is 0 Å². The molecule has 0 radical (unpaired) electrons. The first-order valence-electron chi connectivity index (χ1n) is 6.33. The molecule has 1 aromatic carbocycles. The van der Waals surface area contributed by atoms with Crippen molar-refractivity contribution in [1.82, 2.24) is 5.32 Å². The Kier molecular flexibility index (Phi) is 6.04. The average Bonchev–Trinajstić information content (AvgIpc) is 2.43. The fourth-order valence-electron chi connectivity index (χ4n) is 1.51. The van der Waals surface area contributed by atoms with Crippen LogP contribution in [0.15, 0.2) is 29.3 Å². The lowest BCUT2D eigenvalue weighted by atomic mass is 10.0. The highest BCUT2D eigenvalue weighted by molar-refractivity contribution is 5.93. The Labute approximate surface area is 118 Å². The second-order valence-corrected chi connectivity index (χ2v) is 4.54. The molecular weight excluding hydrogens is 254 g/mol. The largest absolute Gasteiger partial charge is 0.370 e. The first-order chi connectivity index (χ1) is 9.52. The van der Waals surface area contributed by atoms with Gasteiger partial charge in [-0.05, 0) is 23.6 Å². The fourth-order valence-corrected chi connectivity index (χ4v) is 1.51. The highest BCUT2D eigenvalue weighted by Crippen LogP contribution is 2.18. The number of benzene rings is 1. The maximum absolute atomic E-state index is 11.2. The molecule has 1 aromatic rings. The maximum atomic E-state index is 11.2.